The Morgan fingerprint density at radius 3 is 2.20 bits per heavy atom. The molecule has 2 N–H and O–H groups in total. The van der Waals surface area contributed by atoms with Gasteiger partial charge in [0.2, 0.25) is 10.0 Å². The Hall–Kier alpha value is -2.75. The molecular weight excluding hydrogens is 424 g/mol. The first-order valence-corrected chi connectivity index (χ1v) is 11.5. The van der Waals surface area contributed by atoms with Crippen molar-refractivity contribution in [3.63, 3.8) is 0 Å². The molecule has 0 saturated carbocycles. The molecule has 0 saturated heterocycles. The number of thiazole rings is 1. The lowest BCUT2D eigenvalue weighted by atomic mass is 10.1. The van der Waals surface area contributed by atoms with Crippen LogP contribution < -0.4 is 9.46 Å². The zero-order valence-corrected chi connectivity index (χ0v) is 18.3. The monoisotopic (exact) mass is 446 g/mol. The van der Waals surface area contributed by atoms with Gasteiger partial charge >= 0.3 is 5.97 Å². The molecule has 1 aromatic heterocycles. The fourth-order valence-electron chi connectivity index (χ4n) is 2.78. The number of carboxylic acid groups (broad SMARTS) is 1. The van der Waals surface area contributed by atoms with Crippen LogP contribution in [0.4, 0.5) is 0 Å². The summed E-state index contributed by atoms with van der Waals surface area (Å²) in [5, 5.41) is 11.9. The summed E-state index contributed by atoms with van der Waals surface area (Å²) in [5.41, 5.74) is 2.55. The minimum Gasteiger partial charge on any atom is -0.497 e. The van der Waals surface area contributed by atoms with E-state index in [0.717, 1.165) is 27.6 Å². The molecule has 0 amide bonds. The van der Waals surface area contributed by atoms with Crippen LogP contribution in [0.5, 0.6) is 5.75 Å². The largest absolute Gasteiger partial charge is 0.497 e. The third-order valence-corrected chi connectivity index (χ3v) is 6.86. The van der Waals surface area contributed by atoms with Gasteiger partial charge in [-0.1, -0.05) is 26.0 Å². The third kappa shape index (κ3) is 4.86. The van der Waals surface area contributed by atoms with Crippen LogP contribution in [0.2, 0.25) is 0 Å². The number of aliphatic carboxylic acids is 1. The van der Waals surface area contributed by atoms with Gasteiger partial charge < -0.3 is 9.84 Å². The van der Waals surface area contributed by atoms with E-state index in [2.05, 4.69) is 9.71 Å². The van der Waals surface area contributed by atoms with Gasteiger partial charge in [0.15, 0.2) is 0 Å². The molecule has 0 spiro atoms. The van der Waals surface area contributed by atoms with Crippen molar-refractivity contribution in [3.8, 4) is 27.6 Å². The molecule has 7 nitrogen and oxygen atoms in total. The second-order valence-corrected chi connectivity index (χ2v) is 9.54. The van der Waals surface area contributed by atoms with Gasteiger partial charge in [-0.2, -0.15) is 4.72 Å². The Morgan fingerprint density at radius 1 is 1.07 bits per heavy atom. The SMILES string of the molecule is COc1ccc(-c2csc(-c3ccc(S(=O)(=O)NC(C(=O)O)C(C)C)cc3)n2)cc1. The molecule has 3 aromatic rings. The van der Waals surface area contributed by atoms with E-state index in [-0.39, 0.29) is 10.8 Å². The maximum atomic E-state index is 12.5. The molecule has 1 heterocycles. The minimum absolute atomic E-state index is 0.00471. The number of nitrogens with one attached hydrogen (secondary N) is 1. The maximum Gasteiger partial charge on any atom is 0.322 e. The van der Waals surface area contributed by atoms with Crippen LogP contribution in [-0.2, 0) is 14.8 Å². The smallest absolute Gasteiger partial charge is 0.322 e. The van der Waals surface area contributed by atoms with E-state index < -0.39 is 22.0 Å². The third-order valence-electron chi connectivity index (χ3n) is 4.52. The molecule has 0 bridgehead atoms. The Labute approximate surface area is 179 Å². The van der Waals surface area contributed by atoms with Gasteiger partial charge in [-0.05, 0) is 42.3 Å². The van der Waals surface area contributed by atoms with E-state index >= 15 is 0 Å². The fraction of sp³-hybridized carbons (Fsp3) is 0.238. The minimum atomic E-state index is -3.95. The number of ether oxygens (including phenoxy) is 1. The lowest BCUT2D eigenvalue weighted by molar-refractivity contribution is -0.140. The van der Waals surface area contributed by atoms with Crippen molar-refractivity contribution < 1.29 is 23.1 Å². The van der Waals surface area contributed by atoms with Gasteiger partial charge in [0.05, 0.1) is 17.7 Å². The average Bonchev–Trinajstić information content (AvgIpc) is 3.22. The van der Waals surface area contributed by atoms with Crippen molar-refractivity contribution in [3.05, 3.63) is 53.9 Å². The summed E-state index contributed by atoms with van der Waals surface area (Å²) in [6, 6.07) is 12.6. The molecule has 30 heavy (non-hydrogen) atoms. The summed E-state index contributed by atoms with van der Waals surface area (Å²) >= 11 is 1.45. The van der Waals surface area contributed by atoms with Crippen molar-refractivity contribution in [2.75, 3.05) is 7.11 Å². The highest BCUT2D eigenvalue weighted by Gasteiger charge is 2.28. The highest BCUT2D eigenvalue weighted by molar-refractivity contribution is 7.89. The molecule has 2 aromatic carbocycles. The lowest BCUT2D eigenvalue weighted by Crippen LogP contribution is -2.44. The summed E-state index contributed by atoms with van der Waals surface area (Å²) in [6.07, 6.45) is 0. The molecule has 1 atom stereocenters. The van der Waals surface area contributed by atoms with Gasteiger partial charge in [-0.3, -0.25) is 4.79 Å². The number of carboxylic acids is 1. The lowest BCUT2D eigenvalue weighted by Gasteiger charge is -2.18. The maximum absolute atomic E-state index is 12.5. The van der Waals surface area contributed by atoms with Gasteiger partial charge in [-0.25, -0.2) is 13.4 Å². The second-order valence-electron chi connectivity index (χ2n) is 6.97. The van der Waals surface area contributed by atoms with Gasteiger partial charge in [0, 0.05) is 16.5 Å². The highest BCUT2D eigenvalue weighted by Crippen LogP contribution is 2.30. The van der Waals surface area contributed by atoms with E-state index in [0.29, 0.717) is 0 Å². The number of sulfonamides is 1. The fourth-order valence-corrected chi connectivity index (χ4v) is 4.96. The Morgan fingerprint density at radius 2 is 1.67 bits per heavy atom. The van der Waals surface area contributed by atoms with Gasteiger partial charge in [0.1, 0.15) is 16.8 Å². The molecular formula is C21H22N2O5S2. The summed E-state index contributed by atoms with van der Waals surface area (Å²) in [5.74, 6) is -0.829. The highest BCUT2D eigenvalue weighted by atomic mass is 32.2. The first-order valence-electron chi connectivity index (χ1n) is 9.17. The standard InChI is InChI=1S/C21H22N2O5S2/c1-13(2)19(21(24)25)23-30(26,27)17-10-6-15(7-11-17)20-22-18(12-29-20)14-4-8-16(28-3)9-5-14/h4-13,19,23H,1-3H3,(H,24,25). The average molecular weight is 447 g/mol. The van der Waals surface area contributed by atoms with Crippen LogP contribution in [0, 0.1) is 5.92 Å². The topological polar surface area (TPSA) is 106 Å². The molecule has 1 unspecified atom stereocenters. The van der Waals surface area contributed by atoms with E-state index in [9.17, 15) is 18.3 Å². The van der Waals surface area contributed by atoms with E-state index in [1.807, 2.05) is 29.6 Å². The van der Waals surface area contributed by atoms with Crippen molar-refractivity contribution in [1.82, 2.24) is 9.71 Å². The van der Waals surface area contributed by atoms with Crippen LogP contribution in [0.15, 0.2) is 58.8 Å². The van der Waals surface area contributed by atoms with Crippen LogP contribution >= 0.6 is 11.3 Å². The first kappa shape index (κ1) is 21.9. The summed E-state index contributed by atoms with van der Waals surface area (Å²) in [4.78, 5) is 15.9. The number of carbonyl (C=O) groups is 1. The van der Waals surface area contributed by atoms with Crippen LogP contribution in [0.3, 0.4) is 0 Å². The summed E-state index contributed by atoms with van der Waals surface area (Å²) < 4.78 is 32.5. The van der Waals surface area contributed by atoms with Gasteiger partial charge in [-0.15, -0.1) is 11.3 Å². The zero-order valence-electron chi connectivity index (χ0n) is 16.7. The molecule has 0 fully saturated rings. The summed E-state index contributed by atoms with van der Waals surface area (Å²) in [6.45, 7) is 3.29. The van der Waals surface area contributed by atoms with Crippen molar-refractivity contribution in [2.45, 2.75) is 24.8 Å². The quantitative estimate of drug-likeness (QED) is 0.544. The normalized spacial score (nSPS) is 12.7. The Balaban J connectivity index is 1.80. The van der Waals surface area contributed by atoms with E-state index in [1.54, 1.807) is 33.1 Å². The molecule has 0 aliphatic carbocycles. The molecule has 158 valence electrons. The van der Waals surface area contributed by atoms with Crippen LogP contribution in [-0.4, -0.2) is 37.6 Å². The second kappa shape index (κ2) is 8.95. The van der Waals surface area contributed by atoms with E-state index in [4.69, 9.17) is 4.74 Å². The number of hydrogen-bond donors (Lipinski definition) is 2. The number of methoxy groups -OCH3 is 1. The molecule has 9 heteroatoms. The van der Waals surface area contributed by atoms with Crippen molar-refractivity contribution in [1.29, 1.82) is 0 Å². The molecule has 0 aliphatic rings. The molecule has 0 aliphatic heterocycles. The van der Waals surface area contributed by atoms with Gasteiger partial charge in [0.25, 0.3) is 0 Å². The zero-order chi connectivity index (χ0) is 21.9. The summed E-state index contributed by atoms with van der Waals surface area (Å²) in [7, 11) is -2.34. The van der Waals surface area contributed by atoms with Crippen LogP contribution in [0.1, 0.15) is 13.8 Å². The number of hydrogen-bond acceptors (Lipinski definition) is 6. The predicted molar refractivity (Wildman–Crippen MR) is 116 cm³/mol. The number of rotatable bonds is 8. The van der Waals surface area contributed by atoms with Crippen molar-refractivity contribution >= 4 is 27.3 Å². The predicted octanol–water partition coefficient (Wildman–Crippen LogP) is 3.87. The number of benzene rings is 2. The number of aromatic nitrogens is 1. The molecule has 0 radical (unpaired) electrons. The van der Waals surface area contributed by atoms with Crippen molar-refractivity contribution in [2.24, 2.45) is 5.92 Å². The first-order chi connectivity index (χ1) is 14.2. The van der Waals surface area contributed by atoms with Crippen LogP contribution in [0.25, 0.3) is 21.8 Å². The Bertz CT molecular complexity index is 1120. The number of nitrogens with zero attached hydrogens (tertiary/aromatic N) is 1. The molecule has 3 rings (SSSR count). The van der Waals surface area contributed by atoms with E-state index in [1.165, 1.54) is 23.5 Å². The Kier molecular flexibility index (Phi) is 6.55.